The molecule has 0 spiro atoms. The maximum atomic E-state index is 9.45. The van der Waals surface area contributed by atoms with Crippen LogP contribution in [-0.4, -0.2) is 5.11 Å². The van der Waals surface area contributed by atoms with Crippen molar-refractivity contribution in [1.29, 1.82) is 0 Å². The van der Waals surface area contributed by atoms with Crippen molar-refractivity contribution in [2.75, 3.05) is 0 Å². The van der Waals surface area contributed by atoms with Crippen molar-refractivity contribution in [1.82, 2.24) is 0 Å². The van der Waals surface area contributed by atoms with Gasteiger partial charge in [0.15, 0.2) is 0 Å². The minimum Gasteiger partial charge on any atom is -0.508 e. The van der Waals surface area contributed by atoms with E-state index in [1.54, 1.807) is 12.1 Å². The van der Waals surface area contributed by atoms with Gasteiger partial charge in [-0.2, -0.15) is 0 Å². The molecule has 0 amide bonds. The molecule has 0 fully saturated rings. The number of benzene rings is 2. The smallest absolute Gasteiger partial charge is 0.115 e. The molecular formula is C19H24O. The zero-order valence-electron chi connectivity index (χ0n) is 13.1. The Morgan fingerprint density at radius 2 is 1.55 bits per heavy atom. The van der Waals surface area contributed by atoms with Crippen LogP contribution in [0.25, 0.3) is 0 Å². The van der Waals surface area contributed by atoms with Gasteiger partial charge in [-0.1, -0.05) is 56.7 Å². The zero-order valence-corrected chi connectivity index (χ0v) is 13.1. The summed E-state index contributed by atoms with van der Waals surface area (Å²) < 4.78 is 0. The van der Waals surface area contributed by atoms with Crippen molar-refractivity contribution in [2.45, 2.75) is 46.0 Å². The molecule has 20 heavy (non-hydrogen) atoms. The second-order valence-corrected chi connectivity index (χ2v) is 6.35. The van der Waals surface area contributed by atoms with Gasteiger partial charge >= 0.3 is 0 Å². The largest absolute Gasteiger partial charge is 0.508 e. The number of hydrogen-bond donors (Lipinski definition) is 1. The summed E-state index contributed by atoms with van der Waals surface area (Å²) in [5.41, 5.74) is 5.33. The van der Waals surface area contributed by atoms with Crippen LogP contribution in [0.15, 0.2) is 42.5 Å². The van der Waals surface area contributed by atoms with E-state index in [0.717, 1.165) is 0 Å². The van der Waals surface area contributed by atoms with Gasteiger partial charge in [0.2, 0.25) is 0 Å². The molecule has 1 N–H and O–H groups in total. The summed E-state index contributed by atoms with van der Waals surface area (Å²) in [5.74, 6) is 0.733. The van der Waals surface area contributed by atoms with E-state index in [9.17, 15) is 5.11 Å². The minimum atomic E-state index is 0.0215. The average Bonchev–Trinajstić information content (AvgIpc) is 2.38. The summed E-state index contributed by atoms with van der Waals surface area (Å²) >= 11 is 0. The SMILES string of the molecule is Cc1ccc(C(C)C(C)(C)c2ccc(O)cc2)c(C)c1. The lowest BCUT2D eigenvalue weighted by molar-refractivity contribution is 0.432. The fourth-order valence-corrected chi connectivity index (χ4v) is 2.84. The van der Waals surface area contributed by atoms with Crippen LogP contribution >= 0.6 is 0 Å². The Kier molecular flexibility index (Phi) is 3.89. The molecule has 1 nitrogen and oxygen atoms in total. The van der Waals surface area contributed by atoms with Crippen LogP contribution in [0.3, 0.4) is 0 Å². The Labute approximate surface area is 122 Å². The van der Waals surface area contributed by atoms with Crippen molar-refractivity contribution in [3.63, 3.8) is 0 Å². The molecule has 2 aromatic rings. The predicted octanol–water partition coefficient (Wildman–Crippen LogP) is 5.09. The lowest BCUT2D eigenvalue weighted by Crippen LogP contribution is -2.25. The van der Waals surface area contributed by atoms with Crippen LogP contribution in [0.1, 0.15) is 48.9 Å². The van der Waals surface area contributed by atoms with Gasteiger partial charge in [0.1, 0.15) is 5.75 Å². The quantitative estimate of drug-likeness (QED) is 0.822. The van der Waals surface area contributed by atoms with Crippen LogP contribution in [0, 0.1) is 13.8 Å². The lowest BCUT2D eigenvalue weighted by Gasteiger charge is -2.34. The molecule has 1 atom stereocenters. The third kappa shape index (κ3) is 2.72. The number of aryl methyl sites for hydroxylation is 2. The Hall–Kier alpha value is -1.76. The van der Waals surface area contributed by atoms with E-state index < -0.39 is 0 Å². The standard InChI is InChI=1S/C19H24O/c1-13-6-11-18(14(2)12-13)15(3)19(4,5)16-7-9-17(20)10-8-16/h6-12,15,20H,1-5H3. The highest BCUT2D eigenvalue weighted by Gasteiger charge is 2.29. The van der Waals surface area contributed by atoms with Gasteiger partial charge in [-0.15, -0.1) is 0 Å². The molecule has 0 heterocycles. The predicted molar refractivity (Wildman–Crippen MR) is 85.5 cm³/mol. The van der Waals surface area contributed by atoms with Crippen LogP contribution in [0.4, 0.5) is 0 Å². The van der Waals surface area contributed by atoms with E-state index in [-0.39, 0.29) is 5.41 Å². The molecule has 0 saturated heterocycles. The highest BCUT2D eigenvalue weighted by atomic mass is 16.3. The van der Waals surface area contributed by atoms with Gasteiger partial charge < -0.3 is 5.11 Å². The number of rotatable bonds is 3. The Morgan fingerprint density at radius 1 is 0.950 bits per heavy atom. The summed E-state index contributed by atoms with van der Waals surface area (Å²) in [7, 11) is 0. The van der Waals surface area contributed by atoms with Gasteiger partial charge in [0, 0.05) is 0 Å². The molecule has 0 saturated carbocycles. The van der Waals surface area contributed by atoms with Gasteiger partial charge in [0.05, 0.1) is 0 Å². The minimum absolute atomic E-state index is 0.0215. The van der Waals surface area contributed by atoms with Crippen LogP contribution in [0.2, 0.25) is 0 Å². The van der Waals surface area contributed by atoms with Crippen molar-refractivity contribution in [2.24, 2.45) is 0 Å². The first-order valence-corrected chi connectivity index (χ1v) is 7.19. The highest BCUT2D eigenvalue weighted by Crippen LogP contribution is 2.40. The molecule has 2 rings (SSSR count). The van der Waals surface area contributed by atoms with Crippen LogP contribution in [0.5, 0.6) is 5.75 Å². The summed E-state index contributed by atoms with van der Waals surface area (Å²) in [6.45, 7) is 11.1. The van der Waals surface area contributed by atoms with Crippen LogP contribution < -0.4 is 0 Å². The summed E-state index contributed by atoms with van der Waals surface area (Å²) in [6, 6.07) is 14.3. The fraction of sp³-hybridized carbons (Fsp3) is 0.368. The van der Waals surface area contributed by atoms with Gasteiger partial charge in [-0.05, 0) is 54.0 Å². The number of phenolic OH excluding ortho intramolecular Hbond substituents is 1. The number of hydrogen-bond acceptors (Lipinski definition) is 1. The summed E-state index contributed by atoms with van der Waals surface area (Å²) in [6.07, 6.45) is 0. The molecule has 0 aliphatic rings. The van der Waals surface area contributed by atoms with Crippen molar-refractivity contribution in [3.05, 3.63) is 64.7 Å². The maximum Gasteiger partial charge on any atom is 0.115 e. The first-order chi connectivity index (χ1) is 9.32. The van der Waals surface area contributed by atoms with E-state index in [0.29, 0.717) is 11.7 Å². The van der Waals surface area contributed by atoms with Crippen molar-refractivity contribution in [3.8, 4) is 5.75 Å². The zero-order chi connectivity index (χ0) is 14.9. The third-order valence-electron chi connectivity index (χ3n) is 4.59. The average molecular weight is 268 g/mol. The van der Waals surface area contributed by atoms with Gasteiger partial charge in [0.25, 0.3) is 0 Å². The molecule has 0 radical (unpaired) electrons. The summed E-state index contributed by atoms with van der Waals surface area (Å²) in [5, 5.41) is 9.45. The molecule has 0 aromatic heterocycles. The van der Waals surface area contributed by atoms with E-state index in [4.69, 9.17) is 0 Å². The normalized spacial score (nSPS) is 13.2. The van der Waals surface area contributed by atoms with E-state index >= 15 is 0 Å². The molecule has 0 bridgehead atoms. The lowest BCUT2D eigenvalue weighted by atomic mass is 9.70. The van der Waals surface area contributed by atoms with Crippen molar-refractivity contribution >= 4 is 0 Å². The molecule has 1 unspecified atom stereocenters. The number of phenols is 1. The van der Waals surface area contributed by atoms with Gasteiger partial charge in [-0.25, -0.2) is 0 Å². The topological polar surface area (TPSA) is 20.2 Å². The summed E-state index contributed by atoms with van der Waals surface area (Å²) in [4.78, 5) is 0. The third-order valence-corrected chi connectivity index (χ3v) is 4.59. The first kappa shape index (κ1) is 14.6. The van der Waals surface area contributed by atoms with E-state index in [1.807, 2.05) is 12.1 Å². The van der Waals surface area contributed by atoms with Gasteiger partial charge in [-0.3, -0.25) is 0 Å². The molecule has 0 aliphatic heterocycles. The Balaban J connectivity index is 2.39. The molecule has 106 valence electrons. The first-order valence-electron chi connectivity index (χ1n) is 7.19. The van der Waals surface area contributed by atoms with E-state index in [1.165, 1.54) is 22.3 Å². The molecular weight excluding hydrogens is 244 g/mol. The molecule has 0 aliphatic carbocycles. The fourth-order valence-electron chi connectivity index (χ4n) is 2.84. The number of aromatic hydroxyl groups is 1. The Morgan fingerprint density at radius 3 is 2.10 bits per heavy atom. The molecule has 2 aromatic carbocycles. The monoisotopic (exact) mass is 268 g/mol. The van der Waals surface area contributed by atoms with E-state index in [2.05, 4.69) is 52.8 Å². The Bertz CT molecular complexity index is 594. The second kappa shape index (κ2) is 5.32. The maximum absolute atomic E-state index is 9.45. The highest BCUT2D eigenvalue weighted by molar-refractivity contribution is 5.39. The second-order valence-electron chi connectivity index (χ2n) is 6.35. The molecule has 1 heteroatoms. The van der Waals surface area contributed by atoms with Crippen molar-refractivity contribution < 1.29 is 5.11 Å². The van der Waals surface area contributed by atoms with Crippen LogP contribution in [-0.2, 0) is 5.41 Å².